The molecule has 2 heteroatoms. The van der Waals surface area contributed by atoms with Crippen molar-refractivity contribution < 1.29 is 0 Å². The first-order valence-electron chi connectivity index (χ1n) is 3.18. The summed E-state index contributed by atoms with van der Waals surface area (Å²) in [5.74, 6) is 0. The highest BCUT2D eigenvalue weighted by Crippen LogP contribution is 2.29. The summed E-state index contributed by atoms with van der Waals surface area (Å²) in [7, 11) is -0.297. The lowest BCUT2D eigenvalue weighted by Crippen LogP contribution is -2.06. The highest BCUT2D eigenvalue weighted by molar-refractivity contribution is 6.95. The second-order valence-corrected chi connectivity index (χ2v) is 6.03. The number of halogens is 1. The van der Waals surface area contributed by atoms with Crippen LogP contribution in [0.3, 0.4) is 0 Å². The van der Waals surface area contributed by atoms with Crippen molar-refractivity contribution in [3.8, 4) is 0 Å². The first kappa shape index (κ1) is 8.51. The smallest absolute Gasteiger partial charge is 0.130 e. The molecule has 0 unspecified atom stereocenters. The van der Waals surface area contributed by atoms with Gasteiger partial charge in [-0.15, -0.1) is 0 Å². The zero-order valence-electron chi connectivity index (χ0n) is 6.00. The Balaban J connectivity index is 3.37. The molecule has 0 N–H and O–H groups in total. The second kappa shape index (κ2) is 3.52. The lowest BCUT2D eigenvalue weighted by molar-refractivity contribution is 0.598. The molecule has 0 amide bonds. The fourth-order valence-electron chi connectivity index (χ4n) is 0.744. The molecule has 8 heavy (non-hydrogen) atoms. The molecule has 0 radical (unpaired) electrons. The van der Waals surface area contributed by atoms with Crippen LogP contribution in [-0.2, 0) is 0 Å². The second-order valence-electron chi connectivity index (χ2n) is 3.05. The molecule has 0 spiro atoms. The molecule has 0 aromatic carbocycles. The number of hydrogen-bond acceptors (Lipinski definition) is 0. The Kier molecular flexibility index (Phi) is 3.74. The van der Waals surface area contributed by atoms with Crippen LogP contribution in [0.2, 0.25) is 5.04 Å². The summed E-state index contributed by atoms with van der Waals surface area (Å²) < 4.78 is 0. The third kappa shape index (κ3) is 3.50. The molecule has 0 saturated heterocycles. The SMILES string of the molecule is CCCC(C)(C)[SiH2]Cl. The maximum Gasteiger partial charge on any atom is 0.130 e. The fraction of sp³-hybridized carbons (Fsp3) is 1.00. The van der Waals surface area contributed by atoms with Crippen LogP contribution in [0.4, 0.5) is 0 Å². The Morgan fingerprint density at radius 1 is 1.50 bits per heavy atom. The Morgan fingerprint density at radius 2 is 2.00 bits per heavy atom. The summed E-state index contributed by atoms with van der Waals surface area (Å²) in [5, 5.41) is 0.496. The van der Waals surface area contributed by atoms with Crippen LogP contribution in [-0.4, -0.2) is 8.83 Å². The predicted molar refractivity (Wildman–Crippen MR) is 43.3 cm³/mol. The van der Waals surface area contributed by atoms with E-state index < -0.39 is 0 Å². The molecule has 0 aliphatic heterocycles. The molecule has 0 fully saturated rings. The fourth-order valence-corrected chi connectivity index (χ4v) is 1.63. The third-order valence-electron chi connectivity index (χ3n) is 1.29. The molecule has 0 atom stereocenters. The first-order valence-corrected chi connectivity index (χ1v) is 6.03. The van der Waals surface area contributed by atoms with Crippen molar-refractivity contribution in [1.82, 2.24) is 0 Å². The van der Waals surface area contributed by atoms with E-state index in [1.54, 1.807) is 0 Å². The normalized spacial score (nSPS) is 13.5. The summed E-state index contributed by atoms with van der Waals surface area (Å²) >= 11 is 5.81. The molecule has 0 aliphatic carbocycles. The quantitative estimate of drug-likeness (QED) is 0.428. The minimum absolute atomic E-state index is 0.297. The summed E-state index contributed by atoms with van der Waals surface area (Å²) in [6, 6.07) is 0. The van der Waals surface area contributed by atoms with Gasteiger partial charge in [0.25, 0.3) is 0 Å². The van der Waals surface area contributed by atoms with Gasteiger partial charge in [-0.2, -0.15) is 11.1 Å². The van der Waals surface area contributed by atoms with Crippen molar-refractivity contribution in [2.24, 2.45) is 0 Å². The maximum absolute atomic E-state index is 5.81. The molecule has 0 nitrogen and oxygen atoms in total. The van der Waals surface area contributed by atoms with Crippen LogP contribution in [0.1, 0.15) is 33.6 Å². The van der Waals surface area contributed by atoms with Gasteiger partial charge in [0.05, 0.1) is 0 Å². The van der Waals surface area contributed by atoms with Crippen molar-refractivity contribution in [1.29, 1.82) is 0 Å². The lowest BCUT2D eigenvalue weighted by atomic mass is 10.1. The van der Waals surface area contributed by atoms with Gasteiger partial charge < -0.3 is 0 Å². The van der Waals surface area contributed by atoms with E-state index in [2.05, 4.69) is 20.8 Å². The van der Waals surface area contributed by atoms with E-state index in [1.165, 1.54) is 12.8 Å². The molecule has 0 aromatic rings. The Bertz CT molecular complexity index is 61.5. The molecular weight excluding hydrogens is 136 g/mol. The Hall–Kier alpha value is 0.507. The molecule has 0 aliphatic rings. The Morgan fingerprint density at radius 3 is 2.12 bits per heavy atom. The lowest BCUT2D eigenvalue weighted by Gasteiger charge is -2.18. The zero-order valence-corrected chi connectivity index (χ0v) is 8.17. The predicted octanol–water partition coefficient (Wildman–Crippen LogP) is 2.31. The van der Waals surface area contributed by atoms with Crippen LogP contribution in [0.15, 0.2) is 0 Å². The molecular formula is C6H15ClSi. The Labute approximate surface area is 59.1 Å². The zero-order chi connectivity index (χ0) is 6.62. The number of rotatable bonds is 3. The molecule has 0 aromatic heterocycles. The minimum atomic E-state index is -0.297. The van der Waals surface area contributed by atoms with Crippen molar-refractivity contribution >= 4 is 19.9 Å². The highest BCUT2D eigenvalue weighted by atomic mass is 35.6. The highest BCUT2D eigenvalue weighted by Gasteiger charge is 2.14. The van der Waals surface area contributed by atoms with E-state index in [-0.39, 0.29) is 8.83 Å². The van der Waals surface area contributed by atoms with Crippen LogP contribution in [0, 0.1) is 0 Å². The van der Waals surface area contributed by atoms with Gasteiger partial charge in [0.15, 0.2) is 0 Å². The van der Waals surface area contributed by atoms with Crippen molar-refractivity contribution in [3.63, 3.8) is 0 Å². The van der Waals surface area contributed by atoms with Crippen molar-refractivity contribution in [2.45, 2.75) is 38.7 Å². The third-order valence-corrected chi connectivity index (χ3v) is 4.54. The summed E-state index contributed by atoms with van der Waals surface area (Å²) in [4.78, 5) is 0. The van der Waals surface area contributed by atoms with Crippen LogP contribution in [0.5, 0.6) is 0 Å². The molecule has 0 heterocycles. The van der Waals surface area contributed by atoms with E-state index in [4.69, 9.17) is 11.1 Å². The van der Waals surface area contributed by atoms with Crippen LogP contribution < -0.4 is 0 Å². The topological polar surface area (TPSA) is 0 Å². The van der Waals surface area contributed by atoms with Gasteiger partial charge in [0.2, 0.25) is 0 Å². The minimum Gasteiger partial charge on any atom is -0.176 e. The van der Waals surface area contributed by atoms with Gasteiger partial charge >= 0.3 is 0 Å². The molecule has 0 rings (SSSR count). The molecule has 0 bridgehead atoms. The van der Waals surface area contributed by atoms with Gasteiger partial charge in [0, 0.05) is 0 Å². The van der Waals surface area contributed by atoms with Gasteiger partial charge in [0.1, 0.15) is 8.83 Å². The summed E-state index contributed by atoms with van der Waals surface area (Å²) in [6.07, 6.45) is 2.56. The maximum atomic E-state index is 5.81. The summed E-state index contributed by atoms with van der Waals surface area (Å²) in [6.45, 7) is 6.73. The molecule has 0 saturated carbocycles. The standard InChI is InChI=1S/C6H15ClSi/c1-4-5-6(2,3)8-7/h4-5,8H2,1-3H3. The van der Waals surface area contributed by atoms with Crippen molar-refractivity contribution in [3.05, 3.63) is 0 Å². The van der Waals surface area contributed by atoms with Crippen LogP contribution >= 0.6 is 11.1 Å². The average Bonchev–Trinajstić information content (AvgIpc) is 1.67. The first-order chi connectivity index (χ1) is 3.62. The van der Waals surface area contributed by atoms with Gasteiger partial charge in [-0.3, -0.25) is 0 Å². The number of hydrogen-bond donors (Lipinski definition) is 0. The van der Waals surface area contributed by atoms with Gasteiger partial charge in [-0.05, 0) is 5.04 Å². The largest absolute Gasteiger partial charge is 0.176 e. The van der Waals surface area contributed by atoms with E-state index in [0.29, 0.717) is 5.04 Å². The molecule has 50 valence electrons. The average molecular weight is 151 g/mol. The van der Waals surface area contributed by atoms with E-state index in [1.807, 2.05) is 0 Å². The van der Waals surface area contributed by atoms with E-state index >= 15 is 0 Å². The monoisotopic (exact) mass is 150 g/mol. The van der Waals surface area contributed by atoms with Crippen molar-refractivity contribution in [2.75, 3.05) is 0 Å². The van der Waals surface area contributed by atoms with Gasteiger partial charge in [-0.1, -0.05) is 33.6 Å². The van der Waals surface area contributed by atoms with E-state index in [9.17, 15) is 0 Å². The van der Waals surface area contributed by atoms with E-state index in [0.717, 1.165) is 0 Å². The van der Waals surface area contributed by atoms with Gasteiger partial charge in [-0.25, -0.2) is 0 Å². The summed E-state index contributed by atoms with van der Waals surface area (Å²) in [5.41, 5.74) is 0. The van der Waals surface area contributed by atoms with Crippen LogP contribution in [0.25, 0.3) is 0 Å².